The molecule has 1 amide bonds. The molecule has 0 radical (unpaired) electrons. The number of nitrogens with one attached hydrogen (secondary N) is 1. The van der Waals surface area contributed by atoms with Crippen LogP contribution in [-0.2, 0) is 5.41 Å². The lowest BCUT2D eigenvalue weighted by Gasteiger charge is -2.16. The van der Waals surface area contributed by atoms with Crippen molar-refractivity contribution in [1.82, 2.24) is 10.3 Å². The molecule has 5 heteroatoms. The number of hydrogen-bond acceptors (Lipinski definition) is 2. The van der Waals surface area contributed by atoms with Crippen LogP contribution in [0, 0.1) is 0 Å². The summed E-state index contributed by atoms with van der Waals surface area (Å²) in [5.74, 6) is -0.177. The lowest BCUT2D eigenvalue weighted by Crippen LogP contribution is -2.32. The molecule has 1 N–H and O–H groups in total. The summed E-state index contributed by atoms with van der Waals surface area (Å²) in [6, 6.07) is 13.3. The third kappa shape index (κ3) is 3.20. The van der Waals surface area contributed by atoms with Crippen molar-refractivity contribution in [3.05, 3.63) is 63.9 Å². The van der Waals surface area contributed by atoms with Crippen molar-refractivity contribution in [3.63, 3.8) is 0 Å². The first kappa shape index (κ1) is 14.4. The second kappa shape index (κ2) is 5.66. The van der Waals surface area contributed by atoms with Crippen molar-refractivity contribution < 1.29 is 4.79 Å². The van der Waals surface area contributed by atoms with Gasteiger partial charge in [0, 0.05) is 17.5 Å². The zero-order chi connectivity index (χ0) is 14.9. The Bertz CT molecular complexity index is 649. The molecule has 0 unspecified atom stereocenters. The summed E-state index contributed by atoms with van der Waals surface area (Å²) in [6.45, 7) is 0.618. The first-order valence-corrected chi connectivity index (χ1v) is 7.51. The van der Waals surface area contributed by atoms with Gasteiger partial charge in [0.2, 0.25) is 0 Å². The number of halogens is 2. The van der Waals surface area contributed by atoms with Crippen molar-refractivity contribution >= 4 is 29.1 Å². The van der Waals surface area contributed by atoms with E-state index in [1.165, 1.54) is 17.7 Å². The van der Waals surface area contributed by atoms with Gasteiger partial charge in [0.25, 0.3) is 5.91 Å². The first-order valence-electron chi connectivity index (χ1n) is 6.76. The molecule has 0 spiro atoms. The molecular weight excluding hydrogens is 307 g/mol. The van der Waals surface area contributed by atoms with Crippen molar-refractivity contribution in [2.24, 2.45) is 0 Å². The van der Waals surface area contributed by atoms with Crippen LogP contribution in [0.5, 0.6) is 0 Å². The van der Waals surface area contributed by atoms with E-state index in [2.05, 4.69) is 22.4 Å². The number of hydrogen-bond donors (Lipinski definition) is 1. The van der Waals surface area contributed by atoms with E-state index in [1.807, 2.05) is 18.2 Å². The summed E-state index contributed by atoms with van der Waals surface area (Å²) in [4.78, 5) is 16.0. The Hall–Kier alpha value is -1.58. The van der Waals surface area contributed by atoms with E-state index in [0.29, 0.717) is 12.1 Å². The standard InChI is InChI=1S/C16H14Cl2N2O/c17-13-8-11(9-14(18)20-13)15(21)19-10-16(6-7-16)12-4-2-1-3-5-12/h1-5,8-9H,6-7,10H2,(H,19,21). The van der Waals surface area contributed by atoms with E-state index < -0.39 is 0 Å². The van der Waals surface area contributed by atoms with Crippen LogP contribution in [0.2, 0.25) is 10.3 Å². The molecule has 108 valence electrons. The molecule has 1 aliphatic rings. The van der Waals surface area contributed by atoms with Crippen molar-refractivity contribution in [2.75, 3.05) is 6.54 Å². The molecule has 3 rings (SSSR count). The Labute approximate surface area is 133 Å². The maximum Gasteiger partial charge on any atom is 0.251 e. The smallest absolute Gasteiger partial charge is 0.251 e. The molecule has 3 nitrogen and oxygen atoms in total. The minimum Gasteiger partial charge on any atom is -0.351 e. The molecule has 1 aromatic heterocycles. The predicted molar refractivity (Wildman–Crippen MR) is 83.9 cm³/mol. The van der Waals surface area contributed by atoms with Crippen LogP contribution in [0.1, 0.15) is 28.8 Å². The molecular formula is C16H14Cl2N2O. The van der Waals surface area contributed by atoms with E-state index >= 15 is 0 Å². The fourth-order valence-corrected chi connectivity index (χ4v) is 2.92. The lowest BCUT2D eigenvalue weighted by atomic mass is 9.96. The highest BCUT2D eigenvalue weighted by molar-refractivity contribution is 6.33. The Morgan fingerprint density at radius 2 is 1.76 bits per heavy atom. The van der Waals surface area contributed by atoms with Crippen molar-refractivity contribution in [2.45, 2.75) is 18.3 Å². The zero-order valence-corrected chi connectivity index (χ0v) is 12.8. The number of benzene rings is 1. The van der Waals surface area contributed by atoms with Crippen molar-refractivity contribution in [3.8, 4) is 0 Å². The molecule has 1 aliphatic carbocycles. The molecule has 1 heterocycles. The summed E-state index contributed by atoms with van der Waals surface area (Å²) in [6.07, 6.45) is 2.18. The van der Waals surface area contributed by atoms with Crippen LogP contribution in [-0.4, -0.2) is 17.4 Å². The third-order valence-corrected chi connectivity index (χ3v) is 4.24. The number of pyridine rings is 1. The number of carbonyl (C=O) groups is 1. The summed E-state index contributed by atoms with van der Waals surface area (Å²) in [5, 5.41) is 3.41. The Kier molecular flexibility index (Phi) is 3.87. The number of rotatable bonds is 4. The van der Waals surface area contributed by atoms with Crippen LogP contribution >= 0.6 is 23.2 Å². The van der Waals surface area contributed by atoms with Crippen LogP contribution in [0.25, 0.3) is 0 Å². The van der Waals surface area contributed by atoms with E-state index in [1.54, 1.807) is 0 Å². The van der Waals surface area contributed by atoms with E-state index in [-0.39, 0.29) is 21.6 Å². The molecule has 2 aromatic rings. The average Bonchev–Trinajstić information content (AvgIpc) is 3.26. The monoisotopic (exact) mass is 320 g/mol. The van der Waals surface area contributed by atoms with Gasteiger partial charge in [-0.1, -0.05) is 53.5 Å². The maximum atomic E-state index is 12.2. The molecule has 1 aromatic carbocycles. The van der Waals surface area contributed by atoms with Crippen LogP contribution in [0.4, 0.5) is 0 Å². The Morgan fingerprint density at radius 1 is 1.14 bits per heavy atom. The maximum absolute atomic E-state index is 12.2. The largest absolute Gasteiger partial charge is 0.351 e. The molecule has 0 atom stereocenters. The number of nitrogens with zero attached hydrogens (tertiary/aromatic N) is 1. The van der Waals surface area contributed by atoms with Crippen LogP contribution in [0.15, 0.2) is 42.5 Å². The molecule has 1 saturated carbocycles. The highest BCUT2D eigenvalue weighted by Gasteiger charge is 2.44. The van der Waals surface area contributed by atoms with Crippen LogP contribution < -0.4 is 5.32 Å². The first-order chi connectivity index (χ1) is 10.1. The second-order valence-corrected chi connectivity index (χ2v) is 6.10. The molecule has 0 aliphatic heterocycles. The van der Waals surface area contributed by atoms with Gasteiger partial charge < -0.3 is 5.32 Å². The van der Waals surface area contributed by atoms with Gasteiger partial charge in [-0.2, -0.15) is 0 Å². The van der Waals surface area contributed by atoms with E-state index in [4.69, 9.17) is 23.2 Å². The van der Waals surface area contributed by atoms with Gasteiger partial charge in [0.05, 0.1) is 0 Å². The highest BCUT2D eigenvalue weighted by atomic mass is 35.5. The normalized spacial score (nSPS) is 15.5. The summed E-state index contributed by atoms with van der Waals surface area (Å²) in [7, 11) is 0. The lowest BCUT2D eigenvalue weighted by molar-refractivity contribution is 0.0949. The van der Waals surface area contributed by atoms with Gasteiger partial charge in [-0.3, -0.25) is 4.79 Å². The summed E-state index contributed by atoms with van der Waals surface area (Å²) < 4.78 is 0. The van der Waals surface area contributed by atoms with E-state index in [0.717, 1.165) is 12.8 Å². The van der Waals surface area contributed by atoms with Crippen LogP contribution in [0.3, 0.4) is 0 Å². The minimum absolute atomic E-state index is 0.0809. The van der Waals surface area contributed by atoms with Gasteiger partial charge in [0.15, 0.2) is 0 Å². The molecule has 0 bridgehead atoms. The fourth-order valence-electron chi connectivity index (χ4n) is 2.46. The SMILES string of the molecule is O=C(NCC1(c2ccccc2)CC1)c1cc(Cl)nc(Cl)c1. The van der Waals surface area contributed by atoms with Gasteiger partial charge in [-0.25, -0.2) is 4.98 Å². The fraction of sp³-hybridized carbons (Fsp3) is 0.250. The van der Waals surface area contributed by atoms with Gasteiger partial charge in [-0.15, -0.1) is 0 Å². The average molecular weight is 321 g/mol. The van der Waals surface area contributed by atoms with Crippen molar-refractivity contribution in [1.29, 1.82) is 0 Å². The molecule has 0 saturated heterocycles. The van der Waals surface area contributed by atoms with E-state index in [9.17, 15) is 4.79 Å². The van der Waals surface area contributed by atoms with Gasteiger partial charge in [0.1, 0.15) is 10.3 Å². The minimum atomic E-state index is -0.177. The van der Waals surface area contributed by atoms with Gasteiger partial charge in [-0.05, 0) is 30.5 Å². The third-order valence-electron chi connectivity index (χ3n) is 3.85. The zero-order valence-electron chi connectivity index (χ0n) is 11.3. The summed E-state index contributed by atoms with van der Waals surface area (Å²) >= 11 is 11.6. The predicted octanol–water partition coefficient (Wildman–Crippen LogP) is 3.85. The van der Waals surface area contributed by atoms with Gasteiger partial charge >= 0.3 is 0 Å². The number of aromatic nitrogens is 1. The highest BCUT2D eigenvalue weighted by Crippen LogP contribution is 2.47. The molecule has 21 heavy (non-hydrogen) atoms. The second-order valence-electron chi connectivity index (χ2n) is 5.33. The quantitative estimate of drug-likeness (QED) is 0.869. The number of carbonyl (C=O) groups excluding carboxylic acids is 1. The Morgan fingerprint density at radius 3 is 2.33 bits per heavy atom. The summed E-state index contributed by atoms with van der Waals surface area (Å²) in [5.41, 5.74) is 1.79. The topological polar surface area (TPSA) is 42.0 Å². The Balaban J connectivity index is 1.69. The number of amides is 1. The molecule has 1 fully saturated rings.